The van der Waals surface area contributed by atoms with Crippen LogP contribution < -0.4 is 4.90 Å². The molecule has 0 saturated carbocycles. The van der Waals surface area contributed by atoms with Crippen molar-refractivity contribution in [2.24, 2.45) is 0 Å². The third kappa shape index (κ3) is 4.24. The van der Waals surface area contributed by atoms with Crippen LogP contribution in [0.3, 0.4) is 0 Å². The quantitative estimate of drug-likeness (QED) is 0.195. The van der Waals surface area contributed by atoms with Crippen LogP contribution in [-0.2, 0) is 5.41 Å². The van der Waals surface area contributed by atoms with Gasteiger partial charge in [0.25, 0.3) is 0 Å². The van der Waals surface area contributed by atoms with Gasteiger partial charge in [0.05, 0.1) is 5.41 Å². The largest absolute Gasteiger partial charge is 0.311 e. The summed E-state index contributed by atoms with van der Waals surface area (Å²) in [6, 6.07) is 59.6. The molecule has 1 unspecified atom stereocenters. The number of nitrogens with zero attached hydrogens (tertiary/aromatic N) is 1. The van der Waals surface area contributed by atoms with Gasteiger partial charge in [-0.25, -0.2) is 0 Å². The maximum atomic E-state index is 2.36. The third-order valence-electron chi connectivity index (χ3n) is 9.26. The Morgan fingerprint density at radius 3 is 1.68 bits per heavy atom. The minimum absolute atomic E-state index is 0.314. The molecular weight excluding hydrogens is 530 g/mol. The first-order valence-electron chi connectivity index (χ1n) is 15.5. The van der Waals surface area contributed by atoms with E-state index in [1.807, 2.05) is 0 Å². The monoisotopic (exact) mass is 563 g/mol. The topological polar surface area (TPSA) is 3.24 Å². The molecule has 1 atom stereocenters. The van der Waals surface area contributed by atoms with Gasteiger partial charge in [0.2, 0.25) is 0 Å². The van der Waals surface area contributed by atoms with Crippen molar-refractivity contribution in [3.63, 3.8) is 0 Å². The molecule has 0 radical (unpaired) electrons. The van der Waals surface area contributed by atoms with E-state index >= 15 is 0 Å². The SMILES string of the molecule is C1=CC2=C(CC1)C(c1ccccc1)(c1ccc(N(c3ccccc3)c3ccc(-c4ccccc4)cc3)cc1)c1ccccc12. The molecule has 0 aliphatic heterocycles. The zero-order chi connectivity index (χ0) is 29.3. The Bertz CT molecular complexity index is 1970. The Labute approximate surface area is 260 Å². The van der Waals surface area contributed by atoms with E-state index in [1.165, 1.54) is 44.5 Å². The molecule has 2 aliphatic carbocycles. The van der Waals surface area contributed by atoms with Crippen molar-refractivity contribution in [1.82, 2.24) is 0 Å². The van der Waals surface area contributed by atoms with Gasteiger partial charge in [-0.2, -0.15) is 0 Å². The Balaban J connectivity index is 1.27. The number of hydrogen-bond acceptors (Lipinski definition) is 1. The molecule has 0 spiro atoms. The van der Waals surface area contributed by atoms with Crippen LogP contribution in [0.2, 0.25) is 0 Å². The number of para-hydroxylation sites is 1. The molecule has 0 fully saturated rings. The summed E-state index contributed by atoms with van der Waals surface area (Å²) >= 11 is 0. The van der Waals surface area contributed by atoms with E-state index in [0.29, 0.717) is 0 Å². The lowest BCUT2D eigenvalue weighted by Gasteiger charge is -2.37. The molecule has 8 rings (SSSR count). The normalized spacial score (nSPS) is 16.8. The Kier molecular flexibility index (Phi) is 6.57. The van der Waals surface area contributed by atoms with Crippen molar-refractivity contribution >= 4 is 22.6 Å². The van der Waals surface area contributed by atoms with E-state index in [0.717, 1.165) is 29.9 Å². The van der Waals surface area contributed by atoms with E-state index in [1.54, 1.807) is 0 Å². The van der Waals surface area contributed by atoms with Gasteiger partial charge in [0.1, 0.15) is 0 Å². The molecule has 0 aromatic heterocycles. The van der Waals surface area contributed by atoms with E-state index in [4.69, 9.17) is 0 Å². The molecule has 2 aliphatic rings. The summed E-state index contributed by atoms with van der Waals surface area (Å²) in [5, 5.41) is 0. The Morgan fingerprint density at radius 2 is 0.977 bits per heavy atom. The predicted molar refractivity (Wildman–Crippen MR) is 185 cm³/mol. The van der Waals surface area contributed by atoms with Gasteiger partial charge in [-0.15, -0.1) is 0 Å². The van der Waals surface area contributed by atoms with Crippen molar-refractivity contribution < 1.29 is 0 Å². The van der Waals surface area contributed by atoms with Gasteiger partial charge in [0.15, 0.2) is 0 Å². The van der Waals surface area contributed by atoms with Crippen LogP contribution in [0, 0.1) is 0 Å². The number of benzene rings is 6. The lowest BCUT2D eigenvalue weighted by atomic mass is 9.65. The highest BCUT2D eigenvalue weighted by Crippen LogP contribution is 2.57. The fourth-order valence-corrected chi connectivity index (χ4v) is 7.35. The van der Waals surface area contributed by atoms with Crippen LogP contribution in [0.5, 0.6) is 0 Å². The smallest absolute Gasteiger partial charge is 0.0676 e. The molecule has 0 heterocycles. The predicted octanol–water partition coefficient (Wildman–Crippen LogP) is 11.3. The minimum Gasteiger partial charge on any atom is -0.311 e. The van der Waals surface area contributed by atoms with Crippen molar-refractivity contribution in [2.45, 2.75) is 18.3 Å². The summed E-state index contributed by atoms with van der Waals surface area (Å²) in [5.41, 5.74) is 13.8. The molecule has 210 valence electrons. The van der Waals surface area contributed by atoms with Crippen LogP contribution in [0.15, 0.2) is 182 Å². The summed E-state index contributed by atoms with van der Waals surface area (Å²) in [6.45, 7) is 0. The Morgan fingerprint density at radius 1 is 0.455 bits per heavy atom. The summed E-state index contributed by atoms with van der Waals surface area (Å²) in [7, 11) is 0. The fraction of sp³-hybridized carbons (Fsp3) is 0.0698. The van der Waals surface area contributed by atoms with Gasteiger partial charge in [0, 0.05) is 17.1 Å². The standard InChI is InChI=1S/C43H33N/c1-4-14-32(15-5-1)33-24-28-37(29-25-33)44(36-18-8-3-9-19-36)38-30-26-35(27-31-38)43(34-16-6-2-7-17-34)41-22-12-10-20-39(41)40-21-11-13-23-42(40)43/h1-12,14-22,24-31H,13,23H2. The van der Waals surface area contributed by atoms with Crippen molar-refractivity contribution in [2.75, 3.05) is 4.90 Å². The van der Waals surface area contributed by atoms with Gasteiger partial charge < -0.3 is 4.90 Å². The van der Waals surface area contributed by atoms with E-state index in [-0.39, 0.29) is 5.41 Å². The zero-order valence-corrected chi connectivity index (χ0v) is 24.6. The third-order valence-corrected chi connectivity index (χ3v) is 9.26. The summed E-state index contributed by atoms with van der Waals surface area (Å²) < 4.78 is 0. The molecule has 6 aromatic rings. The number of rotatable bonds is 6. The summed E-state index contributed by atoms with van der Waals surface area (Å²) in [4.78, 5) is 2.35. The maximum absolute atomic E-state index is 2.36. The maximum Gasteiger partial charge on any atom is 0.0676 e. The molecule has 0 bridgehead atoms. The fourth-order valence-electron chi connectivity index (χ4n) is 7.35. The molecule has 6 aromatic carbocycles. The molecule has 0 N–H and O–H groups in total. The van der Waals surface area contributed by atoms with Crippen LogP contribution >= 0.6 is 0 Å². The highest BCUT2D eigenvalue weighted by molar-refractivity contribution is 5.91. The van der Waals surface area contributed by atoms with E-state index in [2.05, 4.69) is 181 Å². The Hall–Kier alpha value is -5.40. The first-order chi connectivity index (χ1) is 21.8. The highest BCUT2D eigenvalue weighted by Gasteiger charge is 2.47. The molecule has 1 heteroatoms. The summed E-state index contributed by atoms with van der Waals surface area (Å²) in [6.07, 6.45) is 6.81. The number of hydrogen-bond donors (Lipinski definition) is 0. The first-order valence-corrected chi connectivity index (χ1v) is 15.5. The average Bonchev–Trinajstić information content (AvgIpc) is 3.41. The van der Waals surface area contributed by atoms with Crippen LogP contribution in [0.1, 0.15) is 35.1 Å². The molecular formula is C43H33N. The van der Waals surface area contributed by atoms with Crippen molar-refractivity contribution in [3.8, 4) is 11.1 Å². The zero-order valence-electron chi connectivity index (χ0n) is 24.6. The second kappa shape index (κ2) is 11.0. The van der Waals surface area contributed by atoms with Gasteiger partial charge >= 0.3 is 0 Å². The molecule has 0 amide bonds. The summed E-state index contributed by atoms with van der Waals surface area (Å²) in [5.74, 6) is 0. The molecule has 1 nitrogen and oxygen atoms in total. The van der Waals surface area contributed by atoms with E-state index in [9.17, 15) is 0 Å². The van der Waals surface area contributed by atoms with Crippen molar-refractivity contribution in [1.29, 1.82) is 0 Å². The number of anilines is 3. The van der Waals surface area contributed by atoms with Gasteiger partial charge in [-0.05, 0) is 93.8 Å². The second-order valence-corrected chi connectivity index (χ2v) is 11.6. The highest BCUT2D eigenvalue weighted by atomic mass is 15.1. The molecule has 0 saturated heterocycles. The van der Waals surface area contributed by atoms with Crippen LogP contribution in [0.25, 0.3) is 16.7 Å². The second-order valence-electron chi connectivity index (χ2n) is 11.6. The van der Waals surface area contributed by atoms with Gasteiger partial charge in [-0.3, -0.25) is 0 Å². The first kappa shape index (κ1) is 26.2. The van der Waals surface area contributed by atoms with Crippen molar-refractivity contribution in [3.05, 3.63) is 204 Å². The lowest BCUT2D eigenvalue weighted by molar-refractivity contribution is 0.696. The minimum atomic E-state index is -0.314. The lowest BCUT2D eigenvalue weighted by Crippen LogP contribution is -2.30. The van der Waals surface area contributed by atoms with E-state index < -0.39 is 0 Å². The van der Waals surface area contributed by atoms with Crippen LogP contribution in [-0.4, -0.2) is 0 Å². The molecule has 44 heavy (non-hydrogen) atoms. The average molecular weight is 564 g/mol. The number of allylic oxidation sites excluding steroid dienone is 4. The number of fused-ring (bicyclic) bond motifs is 2. The van der Waals surface area contributed by atoms with Gasteiger partial charge in [-0.1, -0.05) is 140 Å². The van der Waals surface area contributed by atoms with Crippen LogP contribution in [0.4, 0.5) is 17.1 Å².